The van der Waals surface area contributed by atoms with Gasteiger partial charge in [-0.05, 0) is 31.4 Å². The average Bonchev–Trinajstić information content (AvgIpc) is 2.84. The molecule has 1 aromatic rings. The zero-order chi connectivity index (χ0) is 16.5. The van der Waals surface area contributed by atoms with Crippen LogP contribution in [0.1, 0.15) is 51.7 Å². The molecule has 4 nitrogen and oxygen atoms in total. The molecule has 0 amide bonds. The van der Waals surface area contributed by atoms with E-state index in [4.69, 9.17) is 32.7 Å². The van der Waals surface area contributed by atoms with Gasteiger partial charge in [0.05, 0.1) is 0 Å². The quantitative estimate of drug-likeness (QED) is 0.829. The number of ether oxygens (including phenoxy) is 2. The van der Waals surface area contributed by atoms with Gasteiger partial charge in [0.2, 0.25) is 0 Å². The minimum absolute atomic E-state index is 0.246. The third kappa shape index (κ3) is 2.62. The summed E-state index contributed by atoms with van der Waals surface area (Å²) in [4.78, 5) is 12.0. The van der Waals surface area contributed by atoms with Crippen LogP contribution in [0.3, 0.4) is 0 Å². The van der Waals surface area contributed by atoms with Crippen LogP contribution in [0.15, 0.2) is 18.2 Å². The van der Waals surface area contributed by atoms with E-state index in [9.17, 15) is 9.90 Å². The van der Waals surface area contributed by atoms with Crippen molar-refractivity contribution < 1.29 is 19.4 Å². The number of halogens is 2. The molecule has 1 aromatic carbocycles. The summed E-state index contributed by atoms with van der Waals surface area (Å²) in [5.74, 6) is -2.01. The summed E-state index contributed by atoms with van der Waals surface area (Å²) in [6.07, 6.45) is 0.473. The van der Waals surface area contributed by atoms with Gasteiger partial charge in [0.1, 0.15) is 6.10 Å². The lowest BCUT2D eigenvalue weighted by molar-refractivity contribution is -0.203. The van der Waals surface area contributed by atoms with Crippen LogP contribution in [0.25, 0.3) is 0 Å². The lowest BCUT2D eigenvalue weighted by atomic mass is 9.88. The molecule has 22 heavy (non-hydrogen) atoms. The molecule has 1 heterocycles. The van der Waals surface area contributed by atoms with E-state index >= 15 is 0 Å². The van der Waals surface area contributed by atoms with E-state index in [1.165, 1.54) is 0 Å². The summed E-state index contributed by atoms with van der Waals surface area (Å²) < 4.78 is 12.1. The highest BCUT2D eigenvalue weighted by Gasteiger charge is 2.60. The molecular formula is C16H20Cl2O4. The largest absolute Gasteiger partial charge is 0.479 e. The van der Waals surface area contributed by atoms with E-state index in [2.05, 4.69) is 0 Å². The average molecular weight is 347 g/mol. The van der Waals surface area contributed by atoms with Crippen LogP contribution in [-0.4, -0.2) is 22.5 Å². The Morgan fingerprint density at radius 1 is 1.18 bits per heavy atom. The van der Waals surface area contributed by atoms with Crippen molar-refractivity contribution >= 4 is 29.2 Å². The summed E-state index contributed by atoms with van der Waals surface area (Å²) in [5, 5.41) is 10.6. The zero-order valence-corrected chi connectivity index (χ0v) is 14.4. The number of carbonyl (C=O) groups is 1. The third-order valence-electron chi connectivity index (χ3n) is 4.35. The fourth-order valence-electron chi connectivity index (χ4n) is 2.90. The lowest BCUT2D eigenvalue weighted by Gasteiger charge is -2.29. The Morgan fingerprint density at radius 3 is 2.14 bits per heavy atom. The molecule has 2 rings (SSSR count). The van der Waals surface area contributed by atoms with Crippen molar-refractivity contribution in [2.24, 2.45) is 0 Å². The molecule has 0 saturated carbocycles. The van der Waals surface area contributed by atoms with Crippen LogP contribution in [0.4, 0.5) is 0 Å². The van der Waals surface area contributed by atoms with Gasteiger partial charge in [0, 0.05) is 15.6 Å². The second-order valence-corrected chi connectivity index (χ2v) is 6.22. The van der Waals surface area contributed by atoms with Crippen LogP contribution < -0.4 is 0 Å². The molecule has 0 unspecified atom stereocenters. The van der Waals surface area contributed by atoms with Gasteiger partial charge in [0.25, 0.3) is 0 Å². The van der Waals surface area contributed by atoms with Crippen molar-refractivity contribution in [3.05, 3.63) is 33.8 Å². The highest BCUT2D eigenvalue weighted by Crippen LogP contribution is 2.53. The molecule has 1 saturated heterocycles. The standard InChI is InChI=1S/C16H20Cl2O4/c1-4-15(5-2)21-13(16(6-3,22-15)14(19)20)12-10(17)8-7-9-11(12)18/h7-9,13H,4-6H2,1-3H3,(H,19,20)/t13-,16+/m0/s1. The third-order valence-corrected chi connectivity index (χ3v) is 5.01. The maximum atomic E-state index is 12.0. The van der Waals surface area contributed by atoms with Crippen LogP contribution in [0, 0.1) is 0 Å². The fourth-order valence-corrected chi connectivity index (χ4v) is 3.49. The van der Waals surface area contributed by atoms with Gasteiger partial charge in [-0.1, -0.05) is 50.0 Å². The second kappa shape index (κ2) is 6.36. The maximum absolute atomic E-state index is 12.0. The Hall–Kier alpha value is -0.810. The molecule has 0 bridgehead atoms. The fraction of sp³-hybridized carbons (Fsp3) is 0.562. The lowest BCUT2D eigenvalue weighted by Crippen LogP contribution is -2.44. The van der Waals surface area contributed by atoms with E-state index in [1.54, 1.807) is 25.1 Å². The van der Waals surface area contributed by atoms with Gasteiger partial charge in [-0.25, -0.2) is 4.79 Å². The molecular weight excluding hydrogens is 327 g/mol. The van der Waals surface area contributed by atoms with Crippen molar-refractivity contribution in [3.8, 4) is 0 Å². The number of benzene rings is 1. The van der Waals surface area contributed by atoms with Crippen LogP contribution >= 0.6 is 23.2 Å². The SMILES string of the molecule is CCC1(CC)O[C@@H](c2c(Cl)cccc2Cl)[C@](CC)(C(=O)O)O1. The monoisotopic (exact) mass is 346 g/mol. The molecule has 0 aliphatic carbocycles. The molecule has 1 N–H and O–H groups in total. The summed E-state index contributed by atoms with van der Waals surface area (Å²) in [5.41, 5.74) is -1.03. The molecule has 0 aromatic heterocycles. The summed E-state index contributed by atoms with van der Waals surface area (Å²) in [7, 11) is 0. The van der Waals surface area contributed by atoms with Crippen molar-refractivity contribution in [1.29, 1.82) is 0 Å². The summed E-state index contributed by atoms with van der Waals surface area (Å²) in [6.45, 7) is 5.57. The number of hydrogen-bond donors (Lipinski definition) is 1. The van der Waals surface area contributed by atoms with E-state index in [0.29, 0.717) is 28.5 Å². The first kappa shape index (κ1) is 17.5. The second-order valence-electron chi connectivity index (χ2n) is 5.40. The molecule has 0 spiro atoms. The van der Waals surface area contributed by atoms with E-state index in [1.807, 2.05) is 13.8 Å². The van der Waals surface area contributed by atoms with Crippen molar-refractivity contribution in [2.75, 3.05) is 0 Å². The van der Waals surface area contributed by atoms with Gasteiger partial charge in [-0.2, -0.15) is 0 Å². The maximum Gasteiger partial charge on any atom is 0.339 e. The Bertz CT molecular complexity index is 551. The topological polar surface area (TPSA) is 55.8 Å². The molecule has 1 aliphatic heterocycles. The normalized spacial score (nSPS) is 27.0. The summed E-state index contributed by atoms with van der Waals surface area (Å²) in [6, 6.07) is 5.06. The van der Waals surface area contributed by atoms with Crippen molar-refractivity contribution in [2.45, 2.75) is 57.5 Å². The first-order valence-corrected chi connectivity index (χ1v) is 8.16. The number of carboxylic acids is 1. The molecule has 1 aliphatic rings. The minimum atomic E-state index is -1.50. The molecule has 122 valence electrons. The Morgan fingerprint density at radius 2 is 1.73 bits per heavy atom. The van der Waals surface area contributed by atoms with Gasteiger partial charge in [-0.3, -0.25) is 0 Å². The Balaban J connectivity index is 2.62. The van der Waals surface area contributed by atoms with Crippen LogP contribution in [0.5, 0.6) is 0 Å². The first-order chi connectivity index (χ1) is 10.4. The Kier molecular flexibility index (Phi) is 5.07. The molecule has 2 atom stereocenters. The number of rotatable bonds is 5. The van der Waals surface area contributed by atoms with Crippen LogP contribution in [-0.2, 0) is 14.3 Å². The zero-order valence-electron chi connectivity index (χ0n) is 12.9. The Labute approximate surface area is 140 Å². The first-order valence-electron chi connectivity index (χ1n) is 7.41. The van der Waals surface area contributed by atoms with Crippen molar-refractivity contribution in [3.63, 3.8) is 0 Å². The predicted molar refractivity (Wildman–Crippen MR) is 85.3 cm³/mol. The van der Waals surface area contributed by atoms with Crippen LogP contribution in [0.2, 0.25) is 10.0 Å². The van der Waals surface area contributed by atoms with Gasteiger partial charge in [-0.15, -0.1) is 0 Å². The minimum Gasteiger partial charge on any atom is -0.479 e. The van der Waals surface area contributed by atoms with Gasteiger partial charge >= 0.3 is 5.97 Å². The van der Waals surface area contributed by atoms with Crippen molar-refractivity contribution in [1.82, 2.24) is 0 Å². The highest BCUT2D eigenvalue weighted by molar-refractivity contribution is 6.36. The smallest absolute Gasteiger partial charge is 0.339 e. The number of hydrogen-bond acceptors (Lipinski definition) is 3. The van der Waals surface area contributed by atoms with E-state index in [-0.39, 0.29) is 6.42 Å². The summed E-state index contributed by atoms with van der Waals surface area (Å²) >= 11 is 12.5. The van der Waals surface area contributed by atoms with Gasteiger partial charge < -0.3 is 14.6 Å². The number of carboxylic acid groups (broad SMARTS) is 1. The number of aliphatic carboxylic acids is 1. The molecule has 1 fully saturated rings. The van der Waals surface area contributed by atoms with E-state index in [0.717, 1.165) is 0 Å². The predicted octanol–water partition coefficient (Wildman–Crippen LogP) is 4.83. The molecule has 6 heteroatoms. The molecule has 0 radical (unpaired) electrons. The highest BCUT2D eigenvalue weighted by atomic mass is 35.5. The van der Waals surface area contributed by atoms with E-state index < -0.39 is 23.5 Å². The van der Waals surface area contributed by atoms with Gasteiger partial charge in [0.15, 0.2) is 11.4 Å².